The van der Waals surface area contributed by atoms with Gasteiger partial charge in [0.15, 0.2) is 0 Å². The number of nitrogens with one attached hydrogen (secondary N) is 1. The van der Waals surface area contributed by atoms with Gasteiger partial charge in [-0.05, 0) is 50.6 Å². The molecule has 2 nitrogen and oxygen atoms in total. The summed E-state index contributed by atoms with van der Waals surface area (Å²) in [6.07, 6.45) is 2.70. The molecule has 1 aromatic carbocycles. The summed E-state index contributed by atoms with van der Waals surface area (Å²) in [4.78, 5) is 2.50. The molecule has 0 saturated carbocycles. The Bertz CT molecular complexity index is 346. The van der Waals surface area contributed by atoms with Gasteiger partial charge in [0, 0.05) is 13.1 Å². The zero-order valence-electron chi connectivity index (χ0n) is 9.80. The Hall–Kier alpha value is -0.730. The van der Waals surface area contributed by atoms with Crippen LogP contribution >= 0.6 is 11.6 Å². The lowest BCUT2D eigenvalue weighted by Crippen LogP contribution is -2.26. The molecule has 0 unspecified atom stereocenters. The average molecular weight is 239 g/mol. The van der Waals surface area contributed by atoms with Crippen molar-refractivity contribution in [3.05, 3.63) is 28.8 Å². The molecule has 0 bridgehead atoms. The standard InChI is InChI=1S/C13H19ClN2/c1-11-4-5-12(14)13(10-11)15-6-9-16-7-2-3-8-16/h4-5,10,15H,2-3,6-9H2,1H3. The van der Waals surface area contributed by atoms with E-state index in [1.807, 2.05) is 12.1 Å². The van der Waals surface area contributed by atoms with Gasteiger partial charge in [-0.25, -0.2) is 0 Å². The van der Waals surface area contributed by atoms with Crippen molar-refractivity contribution < 1.29 is 0 Å². The van der Waals surface area contributed by atoms with Crippen LogP contribution in [-0.2, 0) is 0 Å². The molecule has 0 amide bonds. The van der Waals surface area contributed by atoms with Gasteiger partial charge in [-0.3, -0.25) is 0 Å². The number of rotatable bonds is 4. The second kappa shape index (κ2) is 5.55. The molecule has 1 N–H and O–H groups in total. The molecule has 0 spiro atoms. The number of benzene rings is 1. The molecule has 88 valence electrons. The smallest absolute Gasteiger partial charge is 0.0637 e. The molecule has 1 aromatic rings. The minimum absolute atomic E-state index is 0.812. The number of nitrogens with zero attached hydrogens (tertiary/aromatic N) is 1. The first-order chi connectivity index (χ1) is 7.75. The Balaban J connectivity index is 1.82. The molecule has 3 heteroatoms. The van der Waals surface area contributed by atoms with E-state index in [0.717, 1.165) is 23.8 Å². The van der Waals surface area contributed by atoms with E-state index in [4.69, 9.17) is 11.6 Å². The van der Waals surface area contributed by atoms with E-state index in [-0.39, 0.29) is 0 Å². The number of aryl methyl sites for hydroxylation is 1. The third-order valence-corrected chi connectivity index (χ3v) is 3.39. The summed E-state index contributed by atoms with van der Waals surface area (Å²) >= 11 is 6.12. The van der Waals surface area contributed by atoms with Crippen LogP contribution in [0.2, 0.25) is 5.02 Å². The Labute approximate surface area is 103 Å². The third-order valence-electron chi connectivity index (χ3n) is 3.06. The van der Waals surface area contributed by atoms with Crippen LogP contribution < -0.4 is 5.32 Å². The molecule has 1 fully saturated rings. The number of hydrogen-bond donors (Lipinski definition) is 1. The maximum atomic E-state index is 6.12. The van der Waals surface area contributed by atoms with Gasteiger partial charge in [-0.1, -0.05) is 17.7 Å². The quantitative estimate of drug-likeness (QED) is 0.867. The van der Waals surface area contributed by atoms with Crippen molar-refractivity contribution in [2.45, 2.75) is 19.8 Å². The normalized spacial score (nSPS) is 16.6. The van der Waals surface area contributed by atoms with Gasteiger partial charge < -0.3 is 10.2 Å². The van der Waals surface area contributed by atoms with E-state index < -0.39 is 0 Å². The van der Waals surface area contributed by atoms with Crippen molar-refractivity contribution in [3.8, 4) is 0 Å². The van der Waals surface area contributed by atoms with E-state index in [2.05, 4.69) is 23.2 Å². The SMILES string of the molecule is Cc1ccc(Cl)c(NCCN2CCCC2)c1. The Morgan fingerprint density at radius 3 is 2.81 bits per heavy atom. The summed E-state index contributed by atoms with van der Waals surface area (Å²) in [5.74, 6) is 0. The van der Waals surface area contributed by atoms with Crippen LogP contribution in [0.3, 0.4) is 0 Å². The molecular weight excluding hydrogens is 220 g/mol. The van der Waals surface area contributed by atoms with Crippen LogP contribution in [0.4, 0.5) is 5.69 Å². The van der Waals surface area contributed by atoms with Crippen LogP contribution in [-0.4, -0.2) is 31.1 Å². The van der Waals surface area contributed by atoms with Gasteiger partial charge in [-0.2, -0.15) is 0 Å². The highest BCUT2D eigenvalue weighted by Crippen LogP contribution is 2.22. The predicted molar refractivity (Wildman–Crippen MR) is 70.4 cm³/mol. The van der Waals surface area contributed by atoms with Crippen LogP contribution in [0.25, 0.3) is 0 Å². The number of anilines is 1. The highest BCUT2D eigenvalue weighted by Gasteiger charge is 2.10. The van der Waals surface area contributed by atoms with Crippen molar-refractivity contribution >= 4 is 17.3 Å². The first kappa shape index (κ1) is 11.7. The third kappa shape index (κ3) is 3.13. The van der Waals surface area contributed by atoms with Gasteiger partial charge in [0.1, 0.15) is 0 Å². The molecule has 0 radical (unpaired) electrons. The molecule has 0 aliphatic carbocycles. The number of likely N-dealkylation sites (tertiary alicyclic amines) is 1. The summed E-state index contributed by atoms with van der Waals surface area (Å²) in [7, 11) is 0. The monoisotopic (exact) mass is 238 g/mol. The minimum atomic E-state index is 0.812. The predicted octanol–water partition coefficient (Wildman–Crippen LogP) is 3.16. The zero-order chi connectivity index (χ0) is 11.4. The molecule has 1 heterocycles. The fraction of sp³-hybridized carbons (Fsp3) is 0.538. The van der Waals surface area contributed by atoms with E-state index in [0.29, 0.717) is 0 Å². The first-order valence-corrected chi connectivity index (χ1v) is 6.36. The summed E-state index contributed by atoms with van der Waals surface area (Å²) in [5.41, 5.74) is 2.30. The Morgan fingerprint density at radius 1 is 1.31 bits per heavy atom. The molecule has 0 atom stereocenters. The van der Waals surface area contributed by atoms with Crippen LogP contribution in [0.1, 0.15) is 18.4 Å². The highest BCUT2D eigenvalue weighted by molar-refractivity contribution is 6.33. The van der Waals surface area contributed by atoms with E-state index >= 15 is 0 Å². The molecule has 16 heavy (non-hydrogen) atoms. The summed E-state index contributed by atoms with van der Waals surface area (Å²) in [5, 5.41) is 4.22. The molecule has 2 rings (SSSR count). The van der Waals surface area contributed by atoms with Crippen LogP contribution in [0.15, 0.2) is 18.2 Å². The molecule has 1 saturated heterocycles. The highest BCUT2D eigenvalue weighted by atomic mass is 35.5. The van der Waals surface area contributed by atoms with Gasteiger partial charge in [0.05, 0.1) is 10.7 Å². The minimum Gasteiger partial charge on any atom is -0.383 e. The lowest BCUT2D eigenvalue weighted by molar-refractivity contribution is 0.352. The van der Waals surface area contributed by atoms with Gasteiger partial charge >= 0.3 is 0 Å². The van der Waals surface area contributed by atoms with Crippen molar-refractivity contribution in [2.24, 2.45) is 0 Å². The lowest BCUT2D eigenvalue weighted by Gasteiger charge is -2.16. The zero-order valence-corrected chi connectivity index (χ0v) is 10.6. The van der Waals surface area contributed by atoms with E-state index in [1.165, 1.54) is 31.5 Å². The Kier molecular flexibility index (Phi) is 4.08. The van der Waals surface area contributed by atoms with Crippen molar-refractivity contribution in [2.75, 3.05) is 31.5 Å². The van der Waals surface area contributed by atoms with Gasteiger partial charge in [-0.15, -0.1) is 0 Å². The topological polar surface area (TPSA) is 15.3 Å². The maximum absolute atomic E-state index is 6.12. The molecular formula is C13H19ClN2. The van der Waals surface area contributed by atoms with Crippen LogP contribution in [0, 0.1) is 6.92 Å². The summed E-state index contributed by atoms with van der Waals surface area (Å²) < 4.78 is 0. The second-order valence-corrected chi connectivity index (χ2v) is 4.87. The summed E-state index contributed by atoms with van der Waals surface area (Å²) in [6, 6.07) is 6.09. The first-order valence-electron chi connectivity index (χ1n) is 5.98. The average Bonchev–Trinajstić information content (AvgIpc) is 2.76. The Morgan fingerprint density at radius 2 is 2.06 bits per heavy atom. The number of halogens is 1. The van der Waals surface area contributed by atoms with Gasteiger partial charge in [0.2, 0.25) is 0 Å². The van der Waals surface area contributed by atoms with Crippen molar-refractivity contribution in [1.82, 2.24) is 4.90 Å². The fourth-order valence-electron chi connectivity index (χ4n) is 2.13. The van der Waals surface area contributed by atoms with Crippen LogP contribution in [0.5, 0.6) is 0 Å². The van der Waals surface area contributed by atoms with E-state index in [1.54, 1.807) is 0 Å². The van der Waals surface area contributed by atoms with Gasteiger partial charge in [0.25, 0.3) is 0 Å². The summed E-state index contributed by atoms with van der Waals surface area (Å²) in [6.45, 7) is 6.68. The lowest BCUT2D eigenvalue weighted by atomic mass is 10.2. The second-order valence-electron chi connectivity index (χ2n) is 4.46. The number of hydrogen-bond acceptors (Lipinski definition) is 2. The molecule has 0 aromatic heterocycles. The molecule has 1 aliphatic rings. The maximum Gasteiger partial charge on any atom is 0.0637 e. The molecule has 1 aliphatic heterocycles. The fourth-order valence-corrected chi connectivity index (χ4v) is 2.31. The largest absolute Gasteiger partial charge is 0.383 e. The van der Waals surface area contributed by atoms with Crippen molar-refractivity contribution in [3.63, 3.8) is 0 Å². The van der Waals surface area contributed by atoms with Crippen molar-refractivity contribution in [1.29, 1.82) is 0 Å². The van der Waals surface area contributed by atoms with E-state index in [9.17, 15) is 0 Å².